The van der Waals surface area contributed by atoms with Crippen LogP contribution in [0.15, 0.2) is 12.3 Å². The van der Waals surface area contributed by atoms with Crippen molar-refractivity contribution in [1.29, 1.82) is 5.26 Å². The minimum atomic E-state index is -2.86. The lowest BCUT2D eigenvalue weighted by Gasteiger charge is -2.55. The molecule has 4 aliphatic rings. The Hall–Kier alpha value is -3.50. The van der Waals surface area contributed by atoms with E-state index in [2.05, 4.69) is 43.3 Å². The molecule has 1 amide bonds. The molecule has 0 aromatic carbocycles. The Labute approximate surface area is 270 Å². The number of aryl methyl sites for hydroxylation is 1. The van der Waals surface area contributed by atoms with Crippen molar-refractivity contribution in [2.75, 3.05) is 62.3 Å². The van der Waals surface area contributed by atoms with Crippen LogP contribution in [0.1, 0.15) is 88.4 Å². The average Bonchev–Trinajstić information content (AvgIpc) is 3.34. The van der Waals surface area contributed by atoms with Crippen molar-refractivity contribution in [3.05, 3.63) is 34.8 Å². The van der Waals surface area contributed by atoms with Crippen LogP contribution in [0.4, 0.5) is 25.1 Å². The van der Waals surface area contributed by atoms with Crippen LogP contribution >= 0.6 is 0 Å². The number of ether oxygens (including phenoxy) is 2. The number of carbonyl (C=O) groups is 1. The van der Waals surface area contributed by atoms with Gasteiger partial charge in [0.2, 0.25) is 0 Å². The highest BCUT2D eigenvalue weighted by Gasteiger charge is 2.44. The first kappa shape index (κ1) is 32.4. The van der Waals surface area contributed by atoms with E-state index >= 15 is 0 Å². The van der Waals surface area contributed by atoms with Gasteiger partial charge in [-0.15, -0.1) is 0 Å². The van der Waals surface area contributed by atoms with Crippen molar-refractivity contribution in [3.63, 3.8) is 0 Å². The topological polar surface area (TPSA) is 103 Å². The molecule has 46 heavy (non-hydrogen) atoms. The molecule has 4 aliphatic heterocycles. The molecule has 0 saturated carbocycles. The lowest BCUT2D eigenvalue weighted by Crippen LogP contribution is -2.69. The first-order chi connectivity index (χ1) is 21.9. The average molecular weight is 641 g/mol. The van der Waals surface area contributed by atoms with E-state index < -0.39 is 17.7 Å². The monoisotopic (exact) mass is 640 g/mol. The Morgan fingerprint density at radius 1 is 1.13 bits per heavy atom. The van der Waals surface area contributed by atoms with Gasteiger partial charge in [0, 0.05) is 75.1 Å². The summed E-state index contributed by atoms with van der Waals surface area (Å²) in [5.41, 5.74) is 1.88. The number of aromatic nitrogens is 3. The van der Waals surface area contributed by atoms with Gasteiger partial charge in [-0.3, -0.25) is 9.58 Å². The fourth-order valence-corrected chi connectivity index (χ4v) is 7.41. The van der Waals surface area contributed by atoms with E-state index in [0.717, 1.165) is 12.8 Å². The van der Waals surface area contributed by atoms with Crippen LogP contribution in [0.2, 0.25) is 0 Å². The molecular weight excluding hydrogens is 594 g/mol. The van der Waals surface area contributed by atoms with Crippen molar-refractivity contribution in [2.24, 2.45) is 0 Å². The zero-order chi connectivity index (χ0) is 32.9. The van der Waals surface area contributed by atoms with Gasteiger partial charge in [-0.05, 0) is 59.9 Å². The Morgan fingerprint density at radius 3 is 2.41 bits per heavy atom. The number of amides is 1. The Balaban J connectivity index is 1.15. The first-order valence-corrected chi connectivity index (χ1v) is 16.5. The summed E-state index contributed by atoms with van der Waals surface area (Å²) < 4.78 is 41.9. The molecule has 13 heteroatoms. The van der Waals surface area contributed by atoms with Crippen LogP contribution in [-0.4, -0.2) is 107 Å². The third kappa shape index (κ3) is 6.13. The van der Waals surface area contributed by atoms with Crippen molar-refractivity contribution in [3.8, 4) is 6.07 Å². The third-order valence-electron chi connectivity index (χ3n) is 10.0. The fraction of sp³-hybridized carbons (Fsp3) is 0.697. The van der Waals surface area contributed by atoms with Crippen LogP contribution < -0.4 is 9.80 Å². The van der Waals surface area contributed by atoms with Gasteiger partial charge in [0.05, 0.1) is 31.1 Å². The third-order valence-corrected chi connectivity index (χ3v) is 10.0. The summed E-state index contributed by atoms with van der Waals surface area (Å²) in [4.78, 5) is 25.4. The summed E-state index contributed by atoms with van der Waals surface area (Å²) in [5.74, 6) is 0.816. The predicted octanol–water partition coefficient (Wildman–Crippen LogP) is 4.87. The van der Waals surface area contributed by atoms with Gasteiger partial charge in [-0.2, -0.15) is 10.4 Å². The molecule has 0 spiro atoms. The van der Waals surface area contributed by atoms with Gasteiger partial charge in [-0.1, -0.05) is 0 Å². The molecule has 2 aromatic heterocycles. The quantitative estimate of drug-likeness (QED) is 0.438. The number of nitriles is 1. The largest absolute Gasteiger partial charge is 0.444 e. The number of anilines is 2. The van der Waals surface area contributed by atoms with Crippen LogP contribution in [0, 0.1) is 18.3 Å². The summed E-state index contributed by atoms with van der Waals surface area (Å²) in [6.07, 6.45) is 0.477. The van der Waals surface area contributed by atoms with Crippen molar-refractivity contribution in [2.45, 2.75) is 96.5 Å². The number of alkyl halides is 2. The van der Waals surface area contributed by atoms with Crippen LogP contribution in [0.3, 0.4) is 0 Å². The summed E-state index contributed by atoms with van der Waals surface area (Å²) in [5, 5.41) is 14.7. The molecule has 250 valence electrons. The predicted molar refractivity (Wildman–Crippen MR) is 169 cm³/mol. The Kier molecular flexibility index (Phi) is 8.89. The highest BCUT2D eigenvalue weighted by molar-refractivity contribution is 5.69. The van der Waals surface area contributed by atoms with Gasteiger partial charge in [0.1, 0.15) is 28.7 Å². The van der Waals surface area contributed by atoms with E-state index in [-0.39, 0.29) is 35.8 Å². The molecular formula is C33H46F2N8O3. The molecule has 0 aliphatic carbocycles. The molecule has 4 saturated heterocycles. The maximum Gasteiger partial charge on any atom is 0.410 e. The Bertz CT molecular complexity index is 1470. The highest BCUT2D eigenvalue weighted by Crippen LogP contribution is 2.40. The van der Waals surface area contributed by atoms with E-state index in [4.69, 9.17) is 9.47 Å². The zero-order valence-corrected chi connectivity index (χ0v) is 27.7. The standard InChI is InChI=1S/C33H46F2N8O3/c1-20-15-37-43(24-18-45-19-24)30(20)23-7-9-39(10-8-23)28-13-26(25(14-36)29(38-28)31(34)35)42-17-27(22(42)3)40-11-12-41(21(2)16-40)32(44)46-33(4,5)6/h13,15,21-24,27,31H,7-12,16-19H2,1-6H3/t21-,22-,27?/m1/s1. The van der Waals surface area contributed by atoms with Gasteiger partial charge >= 0.3 is 6.09 Å². The summed E-state index contributed by atoms with van der Waals surface area (Å²) in [6, 6.07) is 4.31. The number of halogens is 2. The second-order valence-corrected chi connectivity index (χ2v) is 14.3. The molecule has 4 fully saturated rings. The van der Waals surface area contributed by atoms with E-state index in [9.17, 15) is 18.8 Å². The summed E-state index contributed by atoms with van der Waals surface area (Å²) in [6.45, 7) is 17.0. The molecule has 3 atom stereocenters. The normalized spacial score (nSPS) is 25.0. The molecule has 1 unspecified atom stereocenters. The lowest BCUT2D eigenvalue weighted by atomic mass is 9.90. The number of rotatable bonds is 6. The molecule has 11 nitrogen and oxygen atoms in total. The van der Waals surface area contributed by atoms with Crippen LogP contribution in [0.25, 0.3) is 0 Å². The smallest absolute Gasteiger partial charge is 0.410 e. The highest BCUT2D eigenvalue weighted by atomic mass is 19.3. The van der Waals surface area contributed by atoms with Crippen molar-refractivity contribution in [1.82, 2.24) is 24.6 Å². The zero-order valence-electron chi connectivity index (χ0n) is 27.7. The summed E-state index contributed by atoms with van der Waals surface area (Å²) in [7, 11) is 0. The van der Waals surface area contributed by atoms with Crippen LogP contribution in [-0.2, 0) is 9.47 Å². The van der Waals surface area contributed by atoms with E-state index in [1.54, 1.807) is 4.90 Å². The van der Waals surface area contributed by atoms with E-state index in [1.807, 2.05) is 46.0 Å². The van der Waals surface area contributed by atoms with Crippen molar-refractivity contribution >= 4 is 17.6 Å². The molecule has 2 aromatic rings. The second-order valence-electron chi connectivity index (χ2n) is 14.3. The fourth-order valence-electron chi connectivity index (χ4n) is 7.41. The molecule has 0 radical (unpaired) electrons. The van der Waals surface area contributed by atoms with Crippen LogP contribution in [0.5, 0.6) is 0 Å². The van der Waals surface area contributed by atoms with Crippen molar-refractivity contribution < 1.29 is 23.0 Å². The molecule has 6 rings (SSSR count). The summed E-state index contributed by atoms with van der Waals surface area (Å²) >= 11 is 0. The van der Waals surface area contributed by atoms with E-state index in [0.29, 0.717) is 69.9 Å². The molecule has 0 N–H and O–H groups in total. The maximum absolute atomic E-state index is 14.4. The maximum atomic E-state index is 14.4. The second kappa shape index (κ2) is 12.6. The number of piperazine rings is 1. The van der Waals surface area contributed by atoms with E-state index in [1.165, 1.54) is 11.3 Å². The lowest BCUT2D eigenvalue weighted by molar-refractivity contribution is -0.0304. The van der Waals surface area contributed by atoms with Gasteiger partial charge in [0.15, 0.2) is 0 Å². The first-order valence-electron chi connectivity index (χ1n) is 16.5. The van der Waals surface area contributed by atoms with Gasteiger partial charge in [0.25, 0.3) is 6.43 Å². The SMILES string of the molecule is Cc1cnn(C2COC2)c1C1CCN(c2cc(N3CC(N4CCN(C(=O)OC(C)(C)C)[C@H](C)C4)[C@H]3C)c(C#N)c(C(F)F)n2)CC1. The number of pyridine rings is 1. The van der Waals surface area contributed by atoms with Gasteiger partial charge < -0.3 is 24.2 Å². The van der Waals surface area contributed by atoms with Gasteiger partial charge in [-0.25, -0.2) is 18.6 Å². The molecule has 0 bridgehead atoms. The number of piperidine rings is 1. The molecule has 6 heterocycles. The minimum absolute atomic E-state index is 0.00219. The number of nitrogens with zero attached hydrogens (tertiary/aromatic N) is 8. The Morgan fingerprint density at radius 2 is 1.85 bits per heavy atom. The minimum Gasteiger partial charge on any atom is -0.444 e. The number of carbonyl (C=O) groups excluding carboxylic acids is 1. The number of hydrogen-bond acceptors (Lipinski definition) is 9. The number of hydrogen-bond donors (Lipinski definition) is 0.